The first-order chi connectivity index (χ1) is 11.0. The number of aliphatic carboxylic acids is 1. The van der Waals surface area contributed by atoms with Crippen LogP contribution in [0.25, 0.3) is 11.0 Å². The second-order valence-electron chi connectivity index (χ2n) is 5.75. The van der Waals surface area contributed by atoms with E-state index in [0.717, 1.165) is 39.4 Å². The van der Waals surface area contributed by atoms with Crippen molar-refractivity contribution in [2.24, 2.45) is 0 Å². The van der Waals surface area contributed by atoms with Crippen LogP contribution in [0.5, 0.6) is 0 Å². The van der Waals surface area contributed by atoms with E-state index in [-0.39, 0.29) is 6.42 Å². The molecule has 0 aliphatic heterocycles. The molecule has 3 heterocycles. The van der Waals surface area contributed by atoms with E-state index in [4.69, 9.17) is 9.52 Å². The van der Waals surface area contributed by atoms with Crippen LogP contribution in [0.2, 0.25) is 0 Å². The van der Waals surface area contributed by atoms with Crippen molar-refractivity contribution in [3.05, 3.63) is 46.7 Å². The van der Waals surface area contributed by atoms with Crippen molar-refractivity contribution in [2.45, 2.75) is 40.2 Å². The normalized spacial score (nSPS) is 11.3. The molecule has 3 aromatic rings. The van der Waals surface area contributed by atoms with Crippen LogP contribution in [-0.4, -0.2) is 25.8 Å². The van der Waals surface area contributed by atoms with Gasteiger partial charge in [0.15, 0.2) is 5.65 Å². The molecule has 3 rings (SSSR count). The molecule has 0 radical (unpaired) electrons. The molecule has 0 unspecified atom stereocenters. The Bertz CT molecular complexity index is 877. The predicted molar refractivity (Wildman–Crippen MR) is 85.5 cm³/mol. The lowest BCUT2D eigenvalue weighted by Crippen LogP contribution is -2.06. The molecule has 120 valence electrons. The lowest BCUT2D eigenvalue weighted by atomic mass is 10.0. The maximum Gasteiger partial charge on any atom is 0.303 e. The van der Waals surface area contributed by atoms with Crippen molar-refractivity contribution in [3.8, 4) is 0 Å². The number of hydrogen-bond acceptors (Lipinski definition) is 4. The van der Waals surface area contributed by atoms with E-state index in [1.807, 2.05) is 37.6 Å². The molecule has 0 atom stereocenters. The van der Waals surface area contributed by atoms with Crippen molar-refractivity contribution in [3.63, 3.8) is 0 Å². The van der Waals surface area contributed by atoms with E-state index in [1.54, 1.807) is 6.20 Å². The highest BCUT2D eigenvalue weighted by molar-refractivity contribution is 5.80. The van der Waals surface area contributed by atoms with E-state index < -0.39 is 5.97 Å². The molecule has 1 N–H and O–H groups in total. The molecule has 0 bridgehead atoms. The van der Waals surface area contributed by atoms with Gasteiger partial charge in [0, 0.05) is 17.5 Å². The van der Waals surface area contributed by atoms with Crippen LogP contribution in [-0.2, 0) is 17.8 Å². The Labute approximate surface area is 133 Å². The second kappa shape index (κ2) is 5.87. The van der Waals surface area contributed by atoms with E-state index in [9.17, 15) is 4.79 Å². The van der Waals surface area contributed by atoms with Gasteiger partial charge in [-0.1, -0.05) is 0 Å². The number of pyridine rings is 1. The van der Waals surface area contributed by atoms with E-state index in [1.165, 1.54) is 0 Å². The molecule has 0 saturated heterocycles. The summed E-state index contributed by atoms with van der Waals surface area (Å²) in [5.74, 6) is 0.903. The number of nitrogens with zero attached hydrogens (tertiary/aromatic N) is 3. The third-order valence-electron chi connectivity index (χ3n) is 4.07. The van der Waals surface area contributed by atoms with Crippen LogP contribution in [0.3, 0.4) is 0 Å². The van der Waals surface area contributed by atoms with E-state index in [2.05, 4.69) is 10.1 Å². The van der Waals surface area contributed by atoms with Gasteiger partial charge in [-0.25, -0.2) is 9.67 Å². The number of carboxylic acids is 1. The number of aryl methyl sites for hydroxylation is 3. The zero-order chi connectivity index (χ0) is 16.6. The Kier molecular flexibility index (Phi) is 3.90. The fourth-order valence-electron chi connectivity index (χ4n) is 2.86. The largest absolute Gasteiger partial charge is 0.481 e. The fraction of sp³-hybridized carbons (Fsp3) is 0.353. The zero-order valence-electron chi connectivity index (χ0n) is 13.5. The SMILES string of the molecule is Cc1ccc(Cn2ncc3c(C)c(CCC(=O)O)c(C)nc32)o1. The van der Waals surface area contributed by atoms with Crippen molar-refractivity contribution in [1.82, 2.24) is 14.8 Å². The Morgan fingerprint density at radius 3 is 2.74 bits per heavy atom. The van der Waals surface area contributed by atoms with Crippen LogP contribution >= 0.6 is 0 Å². The highest BCUT2D eigenvalue weighted by atomic mass is 16.4. The minimum atomic E-state index is -0.798. The Morgan fingerprint density at radius 1 is 1.30 bits per heavy atom. The average molecular weight is 313 g/mol. The molecule has 23 heavy (non-hydrogen) atoms. The van der Waals surface area contributed by atoms with Crippen LogP contribution in [0, 0.1) is 20.8 Å². The minimum absolute atomic E-state index is 0.106. The summed E-state index contributed by atoms with van der Waals surface area (Å²) in [6.07, 6.45) is 2.38. The number of hydrogen-bond donors (Lipinski definition) is 1. The van der Waals surface area contributed by atoms with Crippen molar-refractivity contribution >= 4 is 17.0 Å². The predicted octanol–water partition coefficient (Wildman–Crippen LogP) is 3.02. The van der Waals surface area contributed by atoms with Crippen LogP contribution in [0.4, 0.5) is 0 Å². The summed E-state index contributed by atoms with van der Waals surface area (Å²) in [4.78, 5) is 15.5. The summed E-state index contributed by atoms with van der Waals surface area (Å²) in [5, 5.41) is 14.3. The lowest BCUT2D eigenvalue weighted by Gasteiger charge is -2.10. The van der Waals surface area contributed by atoms with Gasteiger partial charge >= 0.3 is 5.97 Å². The first-order valence-electron chi connectivity index (χ1n) is 7.54. The first-order valence-corrected chi connectivity index (χ1v) is 7.54. The zero-order valence-corrected chi connectivity index (χ0v) is 13.5. The highest BCUT2D eigenvalue weighted by Gasteiger charge is 2.15. The number of rotatable bonds is 5. The molecule has 6 heteroatoms. The molecular weight excluding hydrogens is 294 g/mol. The summed E-state index contributed by atoms with van der Waals surface area (Å²) in [5.41, 5.74) is 3.70. The summed E-state index contributed by atoms with van der Waals surface area (Å²) in [6, 6.07) is 3.86. The topological polar surface area (TPSA) is 81.2 Å². The molecule has 0 saturated carbocycles. The maximum atomic E-state index is 10.8. The summed E-state index contributed by atoms with van der Waals surface area (Å²) < 4.78 is 7.42. The van der Waals surface area contributed by atoms with Crippen LogP contribution in [0.1, 0.15) is 34.8 Å². The van der Waals surface area contributed by atoms with Gasteiger partial charge in [-0.3, -0.25) is 4.79 Å². The molecule has 0 aromatic carbocycles. The van der Waals surface area contributed by atoms with Gasteiger partial charge in [-0.05, 0) is 50.5 Å². The Balaban J connectivity index is 1.99. The van der Waals surface area contributed by atoms with Gasteiger partial charge in [-0.2, -0.15) is 5.10 Å². The number of fused-ring (bicyclic) bond motifs is 1. The smallest absolute Gasteiger partial charge is 0.303 e. The van der Waals surface area contributed by atoms with Crippen molar-refractivity contribution < 1.29 is 14.3 Å². The quantitative estimate of drug-likeness (QED) is 0.783. The van der Waals surface area contributed by atoms with Crippen LogP contribution < -0.4 is 0 Å². The fourth-order valence-corrected chi connectivity index (χ4v) is 2.86. The Hall–Kier alpha value is -2.63. The monoisotopic (exact) mass is 313 g/mol. The van der Waals surface area contributed by atoms with Gasteiger partial charge in [0.05, 0.1) is 6.20 Å². The standard InChI is InChI=1S/C17H19N3O3/c1-10-4-5-13(23-10)9-20-17-15(8-18-20)11(2)14(12(3)19-17)6-7-16(21)22/h4-5,8H,6-7,9H2,1-3H3,(H,21,22). The number of furan rings is 1. The highest BCUT2D eigenvalue weighted by Crippen LogP contribution is 2.24. The van der Waals surface area contributed by atoms with Gasteiger partial charge in [0.1, 0.15) is 18.1 Å². The molecular formula is C17H19N3O3. The maximum absolute atomic E-state index is 10.8. The minimum Gasteiger partial charge on any atom is -0.481 e. The van der Waals surface area contributed by atoms with Crippen LogP contribution in [0.15, 0.2) is 22.7 Å². The van der Waals surface area contributed by atoms with Gasteiger partial charge in [0.25, 0.3) is 0 Å². The second-order valence-corrected chi connectivity index (χ2v) is 5.75. The number of carbonyl (C=O) groups is 1. The summed E-state index contributed by atoms with van der Waals surface area (Å²) in [6.45, 7) is 6.35. The molecule has 3 aromatic heterocycles. The molecule has 0 aliphatic carbocycles. The van der Waals surface area contributed by atoms with E-state index in [0.29, 0.717) is 13.0 Å². The molecule has 0 spiro atoms. The molecule has 0 amide bonds. The third kappa shape index (κ3) is 2.97. The van der Waals surface area contributed by atoms with Crippen molar-refractivity contribution in [1.29, 1.82) is 0 Å². The first kappa shape index (κ1) is 15.3. The van der Waals surface area contributed by atoms with Crippen molar-refractivity contribution in [2.75, 3.05) is 0 Å². The van der Waals surface area contributed by atoms with Gasteiger partial charge in [-0.15, -0.1) is 0 Å². The van der Waals surface area contributed by atoms with Gasteiger partial charge in [0.2, 0.25) is 0 Å². The molecule has 0 fully saturated rings. The molecule has 0 aliphatic rings. The van der Waals surface area contributed by atoms with Gasteiger partial charge < -0.3 is 9.52 Å². The Morgan fingerprint density at radius 2 is 2.09 bits per heavy atom. The number of carboxylic acid groups (broad SMARTS) is 1. The summed E-state index contributed by atoms with van der Waals surface area (Å²) >= 11 is 0. The third-order valence-corrected chi connectivity index (χ3v) is 4.07. The van der Waals surface area contributed by atoms with E-state index >= 15 is 0 Å². The summed E-state index contributed by atoms with van der Waals surface area (Å²) in [7, 11) is 0. The average Bonchev–Trinajstić information content (AvgIpc) is 3.06. The number of aromatic nitrogens is 3. The lowest BCUT2D eigenvalue weighted by molar-refractivity contribution is -0.136. The molecule has 6 nitrogen and oxygen atoms in total.